The summed E-state index contributed by atoms with van der Waals surface area (Å²) in [5.74, 6) is 0. The molecule has 340 valence electrons. The minimum Gasteiger partial charge on any atom is -0.166 e. The lowest BCUT2D eigenvalue weighted by atomic mass is 9.81. The van der Waals surface area contributed by atoms with Crippen LogP contribution in [0.25, 0.3) is 154 Å². The smallest absolute Gasteiger partial charge is 0.166 e. The van der Waals surface area contributed by atoms with Crippen LogP contribution in [0.4, 0.5) is 26.3 Å². The van der Waals surface area contributed by atoms with E-state index in [1.165, 1.54) is 24.3 Å². The van der Waals surface area contributed by atoms with Gasteiger partial charge in [0.1, 0.15) is 0 Å². The van der Waals surface area contributed by atoms with Gasteiger partial charge in [-0.15, -0.1) is 0 Å². The Morgan fingerprint density at radius 3 is 1.01 bits per heavy atom. The second kappa shape index (κ2) is 14.4. The molecule has 0 N–H and O–H groups in total. The molecule has 6 heteroatoms. The molecule has 13 aromatic rings. The van der Waals surface area contributed by atoms with E-state index in [9.17, 15) is 13.2 Å². The van der Waals surface area contributed by atoms with E-state index < -0.39 is 23.5 Å². The predicted molar refractivity (Wildman–Crippen MR) is 283 cm³/mol. The third kappa shape index (κ3) is 5.44. The van der Waals surface area contributed by atoms with Crippen molar-refractivity contribution < 1.29 is 26.3 Å². The third-order valence-electron chi connectivity index (χ3n) is 15.5. The molecule has 0 aliphatic heterocycles. The van der Waals surface area contributed by atoms with E-state index >= 15 is 13.2 Å². The van der Waals surface area contributed by atoms with Gasteiger partial charge in [0.25, 0.3) is 0 Å². The first-order chi connectivity index (χ1) is 35.1. The molecular formula is C66H34F6. The van der Waals surface area contributed by atoms with Crippen LogP contribution in [0.3, 0.4) is 0 Å². The van der Waals surface area contributed by atoms with E-state index in [-0.39, 0.29) is 5.56 Å². The first kappa shape index (κ1) is 41.1. The molecule has 0 aromatic heterocycles. The Bertz CT molecular complexity index is 4490. The Morgan fingerprint density at radius 1 is 0.222 bits per heavy atom. The zero-order valence-electron chi connectivity index (χ0n) is 37.9. The molecular weight excluding hydrogens is 907 g/mol. The number of halogens is 6. The molecule has 0 radical (unpaired) electrons. The average Bonchev–Trinajstić information content (AvgIpc) is 3.93. The number of hydrogen-bond acceptors (Lipinski definition) is 0. The lowest BCUT2D eigenvalue weighted by Gasteiger charge is -2.22. The fourth-order valence-electron chi connectivity index (χ4n) is 12.9. The SMILES string of the molecule is FC(F)(F)c1cccc(-c2c3c(c(-c4ccccc4)c4ccccc24)-c2ccc4c5ccc6c7c(ccc(c8ccc-3c2c48)c75)-c2c-6c(-c3ccccc3)c3ccccc3c2-c2ccccc2C(F)(F)F)c1. The fourth-order valence-corrected chi connectivity index (χ4v) is 12.9. The summed E-state index contributed by atoms with van der Waals surface area (Å²) in [7, 11) is 0. The second-order valence-electron chi connectivity index (χ2n) is 19.1. The number of fused-ring (bicyclic) bond motifs is 10. The first-order valence-corrected chi connectivity index (χ1v) is 23.9. The molecule has 15 rings (SSSR count). The Labute approximate surface area is 408 Å². The normalized spacial score (nSPS) is 12.9. The molecule has 13 aromatic carbocycles. The average molecular weight is 941 g/mol. The highest BCUT2D eigenvalue weighted by atomic mass is 19.4. The molecule has 2 aliphatic rings. The highest BCUT2D eigenvalue weighted by molar-refractivity contribution is 6.42. The van der Waals surface area contributed by atoms with E-state index in [0.29, 0.717) is 11.1 Å². The predicted octanol–water partition coefficient (Wildman–Crippen LogP) is 20.0. The zero-order chi connectivity index (χ0) is 48.4. The van der Waals surface area contributed by atoms with Gasteiger partial charge in [0.15, 0.2) is 0 Å². The van der Waals surface area contributed by atoms with Crippen molar-refractivity contribution in [2.45, 2.75) is 12.4 Å². The minimum absolute atomic E-state index is 0.134. The molecule has 0 bridgehead atoms. The molecule has 0 fully saturated rings. The molecule has 0 saturated heterocycles. The summed E-state index contributed by atoms with van der Waals surface area (Å²) < 4.78 is 89.1. The summed E-state index contributed by atoms with van der Waals surface area (Å²) in [6, 6.07) is 65.1. The maximum absolute atomic E-state index is 15.2. The number of benzene rings is 13. The topological polar surface area (TPSA) is 0 Å². The number of rotatable bonds is 4. The van der Waals surface area contributed by atoms with E-state index in [2.05, 4.69) is 78.9 Å². The zero-order valence-corrected chi connectivity index (χ0v) is 37.9. The summed E-state index contributed by atoms with van der Waals surface area (Å²) in [6.45, 7) is 0. The van der Waals surface area contributed by atoms with Gasteiger partial charge >= 0.3 is 12.4 Å². The quantitative estimate of drug-likeness (QED) is 0.0937. The van der Waals surface area contributed by atoms with Crippen LogP contribution in [-0.4, -0.2) is 0 Å². The number of hydrogen-bond donors (Lipinski definition) is 0. The van der Waals surface area contributed by atoms with Crippen molar-refractivity contribution in [3.05, 3.63) is 217 Å². The Kier molecular flexibility index (Phi) is 8.23. The van der Waals surface area contributed by atoms with Crippen LogP contribution in [0.15, 0.2) is 206 Å². The third-order valence-corrected chi connectivity index (χ3v) is 15.5. The van der Waals surface area contributed by atoms with Crippen molar-refractivity contribution in [2.75, 3.05) is 0 Å². The van der Waals surface area contributed by atoms with Crippen LogP contribution in [0.2, 0.25) is 0 Å². The molecule has 0 spiro atoms. The van der Waals surface area contributed by atoms with Crippen molar-refractivity contribution >= 4 is 64.6 Å². The van der Waals surface area contributed by atoms with Gasteiger partial charge in [-0.05, 0) is 172 Å². The van der Waals surface area contributed by atoms with Gasteiger partial charge in [-0.2, -0.15) is 26.3 Å². The monoisotopic (exact) mass is 940 g/mol. The van der Waals surface area contributed by atoms with Crippen molar-refractivity contribution in [2.24, 2.45) is 0 Å². The van der Waals surface area contributed by atoms with Crippen LogP contribution in [-0.2, 0) is 12.4 Å². The first-order valence-electron chi connectivity index (χ1n) is 23.9. The van der Waals surface area contributed by atoms with Crippen molar-refractivity contribution in [1.29, 1.82) is 0 Å². The Hall–Kier alpha value is -8.74. The standard InChI is InChI=1S/C66H34F6/c67-65(68,69)38-19-13-18-37(34-38)55-40-21-8-7-20-39(40)53(35-14-3-1-4-15-35)61-48-30-26-43-45-27-31-49-60-51(33-29-46(57(45)60)44-28-32-50(63(55)61)59(48)56(43)44)64-58(47-24-11-12-25-52(47)66(70,71)72)42-23-10-9-22-41(42)54(62(49)64)36-16-5-2-6-17-36/h1-34H. The molecule has 0 atom stereocenters. The van der Waals surface area contributed by atoms with E-state index in [1.54, 1.807) is 18.2 Å². The van der Waals surface area contributed by atoms with Gasteiger partial charge < -0.3 is 0 Å². The van der Waals surface area contributed by atoms with Crippen LogP contribution < -0.4 is 0 Å². The van der Waals surface area contributed by atoms with E-state index in [4.69, 9.17) is 0 Å². The highest BCUT2D eigenvalue weighted by Gasteiger charge is 2.39. The fraction of sp³-hybridized carbons (Fsp3) is 0.0303. The number of alkyl halides is 6. The van der Waals surface area contributed by atoms with E-state index in [1.807, 2.05) is 78.9 Å². The Balaban J connectivity index is 1.07. The van der Waals surface area contributed by atoms with Gasteiger partial charge in [-0.3, -0.25) is 0 Å². The summed E-state index contributed by atoms with van der Waals surface area (Å²) in [6.07, 6.45) is -9.14. The van der Waals surface area contributed by atoms with Crippen LogP contribution in [0.1, 0.15) is 11.1 Å². The molecule has 2 aliphatic carbocycles. The van der Waals surface area contributed by atoms with Crippen molar-refractivity contribution in [3.63, 3.8) is 0 Å². The van der Waals surface area contributed by atoms with Crippen LogP contribution in [0.5, 0.6) is 0 Å². The largest absolute Gasteiger partial charge is 0.417 e. The van der Waals surface area contributed by atoms with Crippen LogP contribution >= 0.6 is 0 Å². The molecule has 0 saturated carbocycles. The van der Waals surface area contributed by atoms with Gasteiger partial charge in [0.05, 0.1) is 11.1 Å². The van der Waals surface area contributed by atoms with Crippen molar-refractivity contribution in [3.8, 4) is 89.0 Å². The molecule has 0 unspecified atom stereocenters. The minimum atomic E-state index is -4.60. The lowest BCUT2D eigenvalue weighted by molar-refractivity contribution is -0.138. The lowest BCUT2D eigenvalue weighted by Crippen LogP contribution is -2.07. The summed E-state index contributed by atoms with van der Waals surface area (Å²) in [5, 5.41) is 11.6. The summed E-state index contributed by atoms with van der Waals surface area (Å²) in [4.78, 5) is 0. The Morgan fingerprint density at radius 2 is 0.583 bits per heavy atom. The highest BCUT2D eigenvalue weighted by Crippen LogP contribution is 2.63. The second-order valence-corrected chi connectivity index (χ2v) is 19.1. The molecule has 0 amide bonds. The molecule has 0 heterocycles. The summed E-state index contributed by atoms with van der Waals surface area (Å²) in [5.41, 5.74) is 11.9. The van der Waals surface area contributed by atoms with Crippen LogP contribution in [0, 0.1) is 0 Å². The van der Waals surface area contributed by atoms with Crippen molar-refractivity contribution in [1.82, 2.24) is 0 Å². The van der Waals surface area contributed by atoms with E-state index in [0.717, 1.165) is 143 Å². The maximum atomic E-state index is 15.2. The molecule has 72 heavy (non-hydrogen) atoms. The van der Waals surface area contributed by atoms with Gasteiger partial charge in [0.2, 0.25) is 0 Å². The summed E-state index contributed by atoms with van der Waals surface area (Å²) >= 11 is 0. The van der Waals surface area contributed by atoms with Gasteiger partial charge in [-0.1, -0.05) is 188 Å². The molecule has 0 nitrogen and oxygen atoms in total. The maximum Gasteiger partial charge on any atom is 0.417 e. The van der Waals surface area contributed by atoms with Gasteiger partial charge in [-0.25, -0.2) is 0 Å². The van der Waals surface area contributed by atoms with Gasteiger partial charge in [0, 0.05) is 0 Å².